The van der Waals surface area contributed by atoms with Crippen molar-refractivity contribution in [1.82, 2.24) is 4.90 Å². The first-order chi connectivity index (χ1) is 8.15. The van der Waals surface area contributed by atoms with E-state index < -0.39 is 0 Å². The predicted octanol–water partition coefficient (Wildman–Crippen LogP) is 2.96. The number of rotatable bonds is 7. The first-order valence-electron chi connectivity index (χ1n) is 5.80. The summed E-state index contributed by atoms with van der Waals surface area (Å²) in [6, 6.07) is 6.17. The van der Waals surface area contributed by atoms with Crippen molar-refractivity contribution in [2.45, 2.75) is 13.0 Å². The molecule has 1 N–H and O–H groups in total. The Morgan fingerprint density at radius 1 is 1.35 bits per heavy atom. The van der Waals surface area contributed by atoms with Gasteiger partial charge in [0.15, 0.2) is 0 Å². The first-order valence-corrected chi connectivity index (χ1v) is 6.59. The van der Waals surface area contributed by atoms with Crippen LogP contribution >= 0.6 is 15.9 Å². The van der Waals surface area contributed by atoms with Crippen LogP contribution in [0.5, 0.6) is 0 Å². The summed E-state index contributed by atoms with van der Waals surface area (Å²) in [6.45, 7) is 2.70. The van der Waals surface area contributed by atoms with Crippen molar-refractivity contribution >= 4 is 21.6 Å². The Balaban J connectivity index is 2.54. The molecule has 0 aromatic heterocycles. The molecule has 0 aliphatic heterocycles. The molecule has 0 aliphatic carbocycles. The number of nitrogens with zero attached hydrogens (tertiary/aromatic N) is 1. The molecule has 1 aromatic carbocycles. The third-order valence-corrected chi connectivity index (χ3v) is 3.25. The minimum Gasteiger partial charge on any atom is -0.385 e. The second kappa shape index (κ2) is 7.69. The number of hydrogen-bond acceptors (Lipinski definition) is 3. The SMILES string of the molecule is COCc1c(Br)cccc1NCCCN(C)C. The van der Waals surface area contributed by atoms with Gasteiger partial charge in [0, 0.05) is 29.4 Å². The molecule has 17 heavy (non-hydrogen) atoms. The maximum atomic E-state index is 5.22. The van der Waals surface area contributed by atoms with Gasteiger partial charge in [-0.1, -0.05) is 22.0 Å². The molecule has 0 saturated heterocycles. The summed E-state index contributed by atoms with van der Waals surface area (Å²) in [5, 5.41) is 3.46. The highest BCUT2D eigenvalue weighted by Crippen LogP contribution is 2.25. The fourth-order valence-electron chi connectivity index (χ4n) is 1.63. The second-order valence-corrected chi connectivity index (χ2v) is 5.14. The normalized spacial score (nSPS) is 10.9. The molecule has 4 heteroatoms. The summed E-state index contributed by atoms with van der Waals surface area (Å²) in [5.74, 6) is 0. The summed E-state index contributed by atoms with van der Waals surface area (Å²) in [7, 11) is 5.90. The zero-order chi connectivity index (χ0) is 12.7. The van der Waals surface area contributed by atoms with E-state index in [2.05, 4.69) is 46.3 Å². The molecule has 0 heterocycles. The fourth-order valence-corrected chi connectivity index (χ4v) is 2.11. The van der Waals surface area contributed by atoms with Crippen LogP contribution < -0.4 is 5.32 Å². The molecule has 0 amide bonds. The van der Waals surface area contributed by atoms with Crippen molar-refractivity contribution in [3.05, 3.63) is 28.2 Å². The van der Waals surface area contributed by atoms with Crippen molar-refractivity contribution in [2.75, 3.05) is 39.6 Å². The predicted molar refractivity (Wildman–Crippen MR) is 76.5 cm³/mol. The molecule has 96 valence electrons. The van der Waals surface area contributed by atoms with Crippen LogP contribution in [0, 0.1) is 0 Å². The van der Waals surface area contributed by atoms with Crippen molar-refractivity contribution in [3.8, 4) is 0 Å². The molecule has 0 fully saturated rings. The lowest BCUT2D eigenvalue weighted by atomic mass is 10.2. The van der Waals surface area contributed by atoms with Gasteiger partial charge in [0.1, 0.15) is 0 Å². The first kappa shape index (κ1) is 14.5. The minimum absolute atomic E-state index is 0.622. The van der Waals surface area contributed by atoms with Crippen LogP contribution in [0.15, 0.2) is 22.7 Å². The van der Waals surface area contributed by atoms with E-state index in [0.29, 0.717) is 6.61 Å². The Morgan fingerprint density at radius 3 is 2.76 bits per heavy atom. The highest BCUT2D eigenvalue weighted by Gasteiger charge is 2.05. The van der Waals surface area contributed by atoms with Crippen molar-refractivity contribution in [3.63, 3.8) is 0 Å². The lowest BCUT2D eigenvalue weighted by molar-refractivity contribution is 0.185. The van der Waals surface area contributed by atoms with Crippen molar-refractivity contribution in [2.24, 2.45) is 0 Å². The number of ether oxygens (including phenoxy) is 1. The fraction of sp³-hybridized carbons (Fsp3) is 0.538. The average molecular weight is 301 g/mol. The van der Waals surface area contributed by atoms with Crippen LogP contribution in [0.25, 0.3) is 0 Å². The van der Waals surface area contributed by atoms with E-state index in [4.69, 9.17) is 4.74 Å². The van der Waals surface area contributed by atoms with Crippen LogP contribution in [-0.4, -0.2) is 39.2 Å². The average Bonchev–Trinajstić information content (AvgIpc) is 2.28. The highest BCUT2D eigenvalue weighted by atomic mass is 79.9. The smallest absolute Gasteiger partial charge is 0.0744 e. The number of anilines is 1. The zero-order valence-corrected chi connectivity index (χ0v) is 12.4. The largest absolute Gasteiger partial charge is 0.385 e. The summed E-state index contributed by atoms with van der Waals surface area (Å²) in [4.78, 5) is 2.19. The number of benzene rings is 1. The van der Waals surface area contributed by atoms with Gasteiger partial charge in [-0.3, -0.25) is 0 Å². The van der Waals surface area contributed by atoms with E-state index in [1.54, 1.807) is 7.11 Å². The minimum atomic E-state index is 0.622. The van der Waals surface area contributed by atoms with E-state index in [1.165, 1.54) is 5.56 Å². The van der Waals surface area contributed by atoms with E-state index in [0.717, 1.165) is 29.7 Å². The maximum absolute atomic E-state index is 5.22. The van der Waals surface area contributed by atoms with Crippen molar-refractivity contribution < 1.29 is 4.74 Å². The maximum Gasteiger partial charge on any atom is 0.0744 e. The standard InChI is InChI=1S/C13H21BrN2O/c1-16(2)9-5-8-15-13-7-4-6-12(14)11(13)10-17-3/h4,6-7,15H,5,8-10H2,1-3H3. The van der Waals surface area contributed by atoms with Crippen LogP contribution in [0.1, 0.15) is 12.0 Å². The molecule has 0 spiro atoms. The van der Waals surface area contributed by atoms with Gasteiger partial charge in [-0.2, -0.15) is 0 Å². The molecule has 0 radical (unpaired) electrons. The van der Waals surface area contributed by atoms with E-state index >= 15 is 0 Å². The third kappa shape index (κ3) is 5.06. The molecular weight excluding hydrogens is 280 g/mol. The Labute approximate surface area is 112 Å². The molecule has 0 aliphatic rings. The van der Waals surface area contributed by atoms with Crippen LogP contribution in [0.2, 0.25) is 0 Å². The van der Waals surface area contributed by atoms with Crippen LogP contribution in [0.4, 0.5) is 5.69 Å². The summed E-state index contributed by atoms with van der Waals surface area (Å²) < 4.78 is 6.31. The van der Waals surface area contributed by atoms with Crippen molar-refractivity contribution in [1.29, 1.82) is 0 Å². The van der Waals surface area contributed by atoms with Gasteiger partial charge in [-0.25, -0.2) is 0 Å². The molecule has 0 unspecified atom stereocenters. The van der Waals surface area contributed by atoms with Gasteiger partial charge < -0.3 is 15.0 Å². The Bertz CT molecular complexity index is 342. The summed E-state index contributed by atoms with van der Waals surface area (Å²) in [6.07, 6.45) is 1.13. The monoisotopic (exact) mass is 300 g/mol. The van der Waals surface area contributed by atoms with E-state index in [-0.39, 0.29) is 0 Å². The second-order valence-electron chi connectivity index (χ2n) is 4.28. The topological polar surface area (TPSA) is 24.5 Å². The van der Waals surface area contributed by atoms with Gasteiger partial charge in [-0.15, -0.1) is 0 Å². The quantitative estimate of drug-likeness (QED) is 0.784. The lowest BCUT2D eigenvalue weighted by Crippen LogP contribution is -2.16. The summed E-state index contributed by atoms with van der Waals surface area (Å²) in [5.41, 5.74) is 2.33. The van der Waals surface area contributed by atoms with Gasteiger partial charge in [0.25, 0.3) is 0 Å². The van der Waals surface area contributed by atoms with Gasteiger partial charge >= 0.3 is 0 Å². The van der Waals surface area contributed by atoms with E-state index in [1.807, 2.05) is 12.1 Å². The van der Waals surface area contributed by atoms with Crippen LogP contribution in [-0.2, 0) is 11.3 Å². The Morgan fingerprint density at radius 2 is 2.12 bits per heavy atom. The molecule has 0 bridgehead atoms. The van der Waals surface area contributed by atoms with E-state index in [9.17, 15) is 0 Å². The molecule has 1 aromatic rings. The number of methoxy groups -OCH3 is 1. The number of halogens is 1. The molecule has 0 saturated carbocycles. The highest BCUT2D eigenvalue weighted by molar-refractivity contribution is 9.10. The van der Waals surface area contributed by atoms with Gasteiger partial charge in [-0.05, 0) is 39.2 Å². The number of nitrogens with one attached hydrogen (secondary N) is 1. The Hall–Kier alpha value is -0.580. The Kier molecular flexibility index (Phi) is 6.55. The molecule has 3 nitrogen and oxygen atoms in total. The lowest BCUT2D eigenvalue weighted by Gasteiger charge is -2.14. The molecular formula is C13H21BrN2O. The van der Waals surface area contributed by atoms with Gasteiger partial charge in [0.05, 0.1) is 6.61 Å². The summed E-state index contributed by atoms with van der Waals surface area (Å²) >= 11 is 3.55. The van der Waals surface area contributed by atoms with Crippen LogP contribution in [0.3, 0.4) is 0 Å². The zero-order valence-electron chi connectivity index (χ0n) is 10.8. The number of hydrogen-bond donors (Lipinski definition) is 1. The molecule has 0 atom stereocenters. The molecule has 1 rings (SSSR count). The third-order valence-electron chi connectivity index (χ3n) is 2.51. The van der Waals surface area contributed by atoms with Gasteiger partial charge in [0.2, 0.25) is 0 Å².